The maximum absolute atomic E-state index is 11.8. The van der Waals surface area contributed by atoms with Gasteiger partial charge < -0.3 is 4.74 Å². The molecule has 0 N–H and O–H groups in total. The van der Waals surface area contributed by atoms with Crippen LogP contribution in [0.4, 0.5) is 0 Å². The maximum atomic E-state index is 11.8. The second-order valence-electron chi connectivity index (χ2n) is 3.98. The molecule has 0 amide bonds. The van der Waals surface area contributed by atoms with Crippen LogP contribution in [0, 0.1) is 18.8 Å². The fraction of sp³-hybridized carbons (Fsp3) is 0.429. The van der Waals surface area contributed by atoms with Crippen molar-refractivity contribution in [2.75, 3.05) is 20.3 Å². The van der Waals surface area contributed by atoms with Crippen LogP contribution in [0.3, 0.4) is 0 Å². The van der Waals surface area contributed by atoms with Gasteiger partial charge in [0.25, 0.3) is 10.1 Å². The molecule has 5 heteroatoms. The third kappa shape index (κ3) is 5.88. The molecule has 0 aliphatic carbocycles. The summed E-state index contributed by atoms with van der Waals surface area (Å²) in [5, 5.41) is 0. The Morgan fingerprint density at radius 3 is 2.47 bits per heavy atom. The zero-order valence-electron chi connectivity index (χ0n) is 11.2. The summed E-state index contributed by atoms with van der Waals surface area (Å²) in [6, 6.07) is 6.51. The van der Waals surface area contributed by atoms with Crippen molar-refractivity contribution in [1.82, 2.24) is 0 Å². The molecule has 19 heavy (non-hydrogen) atoms. The van der Waals surface area contributed by atoms with E-state index in [1.807, 2.05) is 6.92 Å². The third-order valence-electron chi connectivity index (χ3n) is 2.37. The van der Waals surface area contributed by atoms with E-state index in [-0.39, 0.29) is 11.5 Å². The van der Waals surface area contributed by atoms with E-state index < -0.39 is 10.1 Å². The van der Waals surface area contributed by atoms with E-state index in [9.17, 15) is 8.42 Å². The Morgan fingerprint density at radius 1 is 1.16 bits per heavy atom. The Bertz CT molecular complexity index is 535. The van der Waals surface area contributed by atoms with Gasteiger partial charge in [0.2, 0.25) is 0 Å². The Hall–Kier alpha value is -1.35. The summed E-state index contributed by atoms with van der Waals surface area (Å²) in [5.41, 5.74) is 0.997. The lowest BCUT2D eigenvalue weighted by Crippen LogP contribution is -2.06. The SMILES string of the molecule is COCCCC#CCOS(=O)(=O)c1ccc(C)cc1. The van der Waals surface area contributed by atoms with Crippen LogP contribution in [0.1, 0.15) is 18.4 Å². The highest BCUT2D eigenvalue weighted by Gasteiger charge is 2.13. The number of hydrogen-bond donors (Lipinski definition) is 0. The van der Waals surface area contributed by atoms with Crippen molar-refractivity contribution < 1.29 is 17.3 Å². The molecule has 1 aromatic rings. The fourth-order valence-electron chi connectivity index (χ4n) is 1.32. The van der Waals surface area contributed by atoms with Crippen molar-refractivity contribution in [3.05, 3.63) is 29.8 Å². The molecule has 0 fully saturated rings. The molecule has 0 aliphatic rings. The van der Waals surface area contributed by atoms with Gasteiger partial charge in [-0.25, -0.2) is 0 Å². The average molecular weight is 282 g/mol. The van der Waals surface area contributed by atoms with Crippen LogP contribution in [0.2, 0.25) is 0 Å². The van der Waals surface area contributed by atoms with E-state index in [1.54, 1.807) is 19.2 Å². The molecule has 4 nitrogen and oxygen atoms in total. The van der Waals surface area contributed by atoms with E-state index in [4.69, 9.17) is 8.92 Å². The number of ether oxygens (including phenoxy) is 1. The molecule has 1 rings (SSSR count). The normalized spacial score (nSPS) is 10.8. The molecule has 0 saturated carbocycles. The lowest BCUT2D eigenvalue weighted by Gasteiger charge is -2.02. The molecule has 0 bridgehead atoms. The first-order valence-electron chi connectivity index (χ1n) is 5.97. The van der Waals surface area contributed by atoms with Gasteiger partial charge in [-0.1, -0.05) is 23.6 Å². The molecule has 0 saturated heterocycles. The third-order valence-corrected chi connectivity index (χ3v) is 3.65. The lowest BCUT2D eigenvalue weighted by molar-refractivity contribution is 0.196. The number of aryl methyl sites for hydroxylation is 1. The fourth-order valence-corrected chi connectivity index (χ4v) is 2.14. The van der Waals surface area contributed by atoms with E-state index in [1.165, 1.54) is 12.1 Å². The Balaban J connectivity index is 2.45. The van der Waals surface area contributed by atoms with Crippen LogP contribution >= 0.6 is 0 Å². The molecule has 0 atom stereocenters. The summed E-state index contributed by atoms with van der Waals surface area (Å²) in [5.74, 6) is 5.51. The summed E-state index contributed by atoms with van der Waals surface area (Å²) >= 11 is 0. The van der Waals surface area contributed by atoms with Crippen molar-refractivity contribution >= 4 is 10.1 Å². The summed E-state index contributed by atoms with van der Waals surface area (Å²) in [6.45, 7) is 2.42. The Morgan fingerprint density at radius 2 is 1.84 bits per heavy atom. The van der Waals surface area contributed by atoms with Crippen molar-refractivity contribution in [2.24, 2.45) is 0 Å². The smallest absolute Gasteiger partial charge is 0.297 e. The minimum atomic E-state index is -3.70. The van der Waals surface area contributed by atoms with Crippen molar-refractivity contribution in [2.45, 2.75) is 24.7 Å². The van der Waals surface area contributed by atoms with E-state index in [0.717, 1.165) is 12.0 Å². The molecule has 0 heterocycles. The zero-order chi connectivity index (χ0) is 14.1. The average Bonchev–Trinajstić information content (AvgIpc) is 2.38. The monoisotopic (exact) mass is 282 g/mol. The summed E-state index contributed by atoms with van der Waals surface area (Å²) in [4.78, 5) is 0.152. The molecule has 0 aromatic heterocycles. The van der Waals surface area contributed by atoms with Crippen molar-refractivity contribution in [3.63, 3.8) is 0 Å². The second kappa shape index (κ2) is 7.95. The van der Waals surface area contributed by atoms with Gasteiger partial charge in [-0.05, 0) is 25.5 Å². The maximum Gasteiger partial charge on any atom is 0.297 e. The van der Waals surface area contributed by atoms with Crippen LogP contribution in [-0.2, 0) is 19.0 Å². The Kier molecular flexibility index (Phi) is 6.57. The lowest BCUT2D eigenvalue weighted by atomic mass is 10.2. The van der Waals surface area contributed by atoms with Gasteiger partial charge in [0.15, 0.2) is 0 Å². The number of unbranched alkanes of at least 4 members (excludes halogenated alkanes) is 1. The van der Waals surface area contributed by atoms with Gasteiger partial charge in [-0.2, -0.15) is 8.42 Å². The van der Waals surface area contributed by atoms with Gasteiger partial charge in [0, 0.05) is 20.1 Å². The second-order valence-corrected chi connectivity index (χ2v) is 5.59. The molecule has 0 unspecified atom stereocenters. The summed E-state index contributed by atoms with van der Waals surface area (Å²) in [7, 11) is -2.07. The first-order valence-corrected chi connectivity index (χ1v) is 7.38. The predicted octanol–water partition coefficient (Wildman–Crippen LogP) is 2.13. The minimum absolute atomic E-state index is 0.122. The molecule has 0 spiro atoms. The van der Waals surface area contributed by atoms with Gasteiger partial charge in [0.1, 0.15) is 6.61 Å². The van der Waals surface area contributed by atoms with Gasteiger partial charge in [-0.15, -0.1) is 5.92 Å². The first kappa shape index (κ1) is 15.7. The van der Waals surface area contributed by atoms with Gasteiger partial charge in [0.05, 0.1) is 4.90 Å². The molecular weight excluding hydrogens is 264 g/mol. The highest BCUT2D eigenvalue weighted by Crippen LogP contribution is 2.12. The van der Waals surface area contributed by atoms with Crippen LogP contribution < -0.4 is 0 Å². The molecule has 104 valence electrons. The Labute approximate surface area is 114 Å². The number of methoxy groups -OCH3 is 1. The van der Waals surface area contributed by atoms with E-state index in [2.05, 4.69) is 11.8 Å². The number of benzene rings is 1. The predicted molar refractivity (Wildman–Crippen MR) is 73.2 cm³/mol. The zero-order valence-corrected chi connectivity index (χ0v) is 12.0. The number of rotatable bonds is 6. The van der Waals surface area contributed by atoms with Crippen molar-refractivity contribution in [1.29, 1.82) is 0 Å². The van der Waals surface area contributed by atoms with Gasteiger partial charge >= 0.3 is 0 Å². The summed E-state index contributed by atoms with van der Waals surface area (Å²) in [6.07, 6.45) is 1.50. The quantitative estimate of drug-likeness (QED) is 0.455. The highest BCUT2D eigenvalue weighted by molar-refractivity contribution is 7.86. The van der Waals surface area contributed by atoms with Crippen LogP contribution in [0.15, 0.2) is 29.2 Å². The first-order chi connectivity index (χ1) is 9.06. The van der Waals surface area contributed by atoms with Crippen molar-refractivity contribution in [3.8, 4) is 11.8 Å². The standard InChI is InChI=1S/C14H18O4S/c1-13-7-9-14(10-8-13)19(15,16)18-12-6-4-3-5-11-17-2/h7-10H,3,5,11-12H2,1-2H3. The molecule has 0 radical (unpaired) electrons. The molecular formula is C14H18O4S. The van der Waals surface area contributed by atoms with E-state index >= 15 is 0 Å². The number of hydrogen-bond acceptors (Lipinski definition) is 4. The van der Waals surface area contributed by atoms with Gasteiger partial charge in [-0.3, -0.25) is 4.18 Å². The largest absolute Gasteiger partial charge is 0.385 e. The molecule has 1 aromatic carbocycles. The topological polar surface area (TPSA) is 52.6 Å². The summed E-state index contributed by atoms with van der Waals surface area (Å²) < 4.78 is 33.2. The minimum Gasteiger partial charge on any atom is -0.385 e. The van der Waals surface area contributed by atoms with Crippen LogP contribution in [0.5, 0.6) is 0 Å². The highest BCUT2D eigenvalue weighted by atomic mass is 32.2. The van der Waals surface area contributed by atoms with E-state index in [0.29, 0.717) is 13.0 Å². The van der Waals surface area contributed by atoms with Crippen LogP contribution in [0.25, 0.3) is 0 Å². The molecule has 0 aliphatic heterocycles. The van der Waals surface area contributed by atoms with Crippen LogP contribution in [-0.4, -0.2) is 28.7 Å².